The van der Waals surface area contributed by atoms with Gasteiger partial charge in [0, 0.05) is 6.20 Å². The molecule has 0 aliphatic carbocycles. The summed E-state index contributed by atoms with van der Waals surface area (Å²) in [5.74, 6) is 0.818. The lowest BCUT2D eigenvalue weighted by atomic mass is 10.1. The summed E-state index contributed by atoms with van der Waals surface area (Å²) in [6.07, 6.45) is 1.64. The lowest BCUT2D eigenvalue weighted by molar-refractivity contribution is 0.415. The number of nitriles is 1. The minimum Gasteiger partial charge on any atom is -0.497 e. The second-order valence-corrected chi connectivity index (χ2v) is 3.27. The second kappa shape index (κ2) is 4.45. The minimum absolute atomic E-state index is 0.424. The molecule has 3 nitrogen and oxygen atoms in total. The van der Waals surface area contributed by atoms with Crippen LogP contribution >= 0.6 is 0 Å². The summed E-state index contributed by atoms with van der Waals surface area (Å²) in [7, 11) is 1.63. The summed E-state index contributed by atoms with van der Waals surface area (Å²) in [5.41, 5.74) is 2.45. The van der Waals surface area contributed by atoms with E-state index in [0.717, 1.165) is 16.9 Å². The predicted octanol–water partition coefficient (Wildman–Crippen LogP) is 2.63. The molecule has 0 saturated carbocycles. The molecule has 16 heavy (non-hydrogen) atoms. The number of ether oxygens (including phenoxy) is 1. The zero-order valence-electron chi connectivity index (χ0n) is 8.84. The van der Waals surface area contributed by atoms with Crippen molar-refractivity contribution in [2.24, 2.45) is 0 Å². The number of pyridine rings is 1. The molecule has 0 fully saturated rings. The molecule has 2 aromatic rings. The predicted molar refractivity (Wildman–Crippen MR) is 60.9 cm³/mol. The average Bonchev–Trinajstić information content (AvgIpc) is 2.39. The molecule has 0 saturated heterocycles. The smallest absolute Gasteiger partial charge is 0.141 e. The maximum Gasteiger partial charge on any atom is 0.141 e. The van der Waals surface area contributed by atoms with Gasteiger partial charge in [0.25, 0.3) is 0 Å². The van der Waals surface area contributed by atoms with E-state index in [1.165, 1.54) is 0 Å². The van der Waals surface area contributed by atoms with E-state index in [9.17, 15) is 0 Å². The molecule has 0 atom stereocenters. The Kier molecular flexibility index (Phi) is 2.84. The molecule has 0 aliphatic rings. The molecule has 3 heteroatoms. The highest BCUT2D eigenvalue weighted by atomic mass is 16.5. The third-order valence-corrected chi connectivity index (χ3v) is 2.30. The van der Waals surface area contributed by atoms with Crippen molar-refractivity contribution in [3.63, 3.8) is 0 Å². The van der Waals surface area contributed by atoms with Crippen LogP contribution in [0.25, 0.3) is 11.1 Å². The Morgan fingerprint density at radius 2 is 1.88 bits per heavy atom. The van der Waals surface area contributed by atoms with Gasteiger partial charge in [-0.05, 0) is 35.4 Å². The fraction of sp³-hybridized carbons (Fsp3) is 0.0769. The summed E-state index contributed by atoms with van der Waals surface area (Å²) in [6.45, 7) is 0. The number of rotatable bonds is 2. The molecule has 1 heterocycles. The van der Waals surface area contributed by atoms with E-state index in [2.05, 4.69) is 4.98 Å². The maximum atomic E-state index is 8.76. The van der Waals surface area contributed by atoms with Gasteiger partial charge in [-0.15, -0.1) is 0 Å². The molecule has 0 unspecified atom stereocenters. The van der Waals surface area contributed by atoms with Gasteiger partial charge in [0.15, 0.2) is 0 Å². The van der Waals surface area contributed by atoms with E-state index in [4.69, 9.17) is 10.00 Å². The first-order chi connectivity index (χ1) is 7.83. The SMILES string of the molecule is COc1ccc(-c2ccnc(C#N)c2)cc1. The molecule has 2 rings (SSSR count). The van der Waals surface area contributed by atoms with Crippen LogP contribution < -0.4 is 4.74 Å². The standard InChI is InChI=1S/C13H10N2O/c1-16-13-4-2-10(3-5-13)11-6-7-15-12(8-11)9-14/h2-8H,1H3. The zero-order valence-corrected chi connectivity index (χ0v) is 8.84. The van der Waals surface area contributed by atoms with Crippen LogP contribution in [0.4, 0.5) is 0 Å². The van der Waals surface area contributed by atoms with E-state index in [0.29, 0.717) is 5.69 Å². The summed E-state index contributed by atoms with van der Waals surface area (Å²) < 4.78 is 5.09. The largest absolute Gasteiger partial charge is 0.497 e. The van der Waals surface area contributed by atoms with Crippen LogP contribution in [0.3, 0.4) is 0 Å². The van der Waals surface area contributed by atoms with Gasteiger partial charge in [-0.2, -0.15) is 5.26 Å². The zero-order chi connectivity index (χ0) is 11.4. The van der Waals surface area contributed by atoms with Gasteiger partial charge in [0.1, 0.15) is 17.5 Å². The van der Waals surface area contributed by atoms with Gasteiger partial charge in [-0.1, -0.05) is 12.1 Å². The van der Waals surface area contributed by atoms with Crippen molar-refractivity contribution in [3.05, 3.63) is 48.3 Å². The number of nitrogens with zero attached hydrogens (tertiary/aromatic N) is 2. The highest BCUT2D eigenvalue weighted by molar-refractivity contribution is 5.64. The molecule has 0 spiro atoms. The van der Waals surface area contributed by atoms with Crippen LogP contribution in [-0.2, 0) is 0 Å². The summed E-state index contributed by atoms with van der Waals surface area (Å²) >= 11 is 0. The summed E-state index contributed by atoms with van der Waals surface area (Å²) in [6, 6.07) is 13.4. The third kappa shape index (κ3) is 2.01. The van der Waals surface area contributed by atoms with Crippen LogP contribution in [-0.4, -0.2) is 12.1 Å². The lowest BCUT2D eigenvalue weighted by Crippen LogP contribution is -1.85. The molecule has 0 aliphatic heterocycles. The molecule has 78 valence electrons. The van der Waals surface area contributed by atoms with Gasteiger partial charge in [-0.25, -0.2) is 4.98 Å². The van der Waals surface area contributed by atoms with Crippen molar-refractivity contribution < 1.29 is 4.74 Å². The third-order valence-electron chi connectivity index (χ3n) is 2.30. The van der Waals surface area contributed by atoms with Gasteiger partial charge in [-0.3, -0.25) is 0 Å². The maximum absolute atomic E-state index is 8.76. The molecular formula is C13H10N2O. The Balaban J connectivity index is 2.39. The van der Waals surface area contributed by atoms with Crippen LogP contribution in [0.2, 0.25) is 0 Å². The fourth-order valence-corrected chi connectivity index (χ4v) is 1.45. The normalized spacial score (nSPS) is 9.50. The average molecular weight is 210 g/mol. The number of aromatic nitrogens is 1. The molecule has 0 amide bonds. The van der Waals surface area contributed by atoms with E-state index in [1.807, 2.05) is 36.4 Å². The van der Waals surface area contributed by atoms with Crippen molar-refractivity contribution >= 4 is 0 Å². The molecule has 1 aromatic heterocycles. The van der Waals surface area contributed by atoms with Crippen molar-refractivity contribution in [2.75, 3.05) is 7.11 Å². The van der Waals surface area contributed by atoms with Crippen molar-refractivity contribution in [1.82, 2.24) is 4.98 Å². The fourth-order valence-electron chi connectivity index (χ4n) is 1.45. The first-order valence-electron chi connectivity index (χ1n) is 4.84. The van der Waals surface area contributed by atoms with Gasteiger partial charge in [0.05, 0.1) is 7.11 Å². The Bertz CT molecular complexity index is 526. The number of hydrogen-bond donors (Lipinski definition) is 0. The second-order valence-electron chi connectivity index (χ2n) is 3.27. The Morgan fingerprint density at radius 3 is 2.50 bits per heavy atom. The van der Waals surface area contributed by atoms with E-state index >= 15 is 0 Å². The number of methoxy groups -OCH3 is 1. The molecule has 0 radical (unpaired) electrons. The van der Waals surface area contributed by atoms with Gasteiger partial charge >= 0.3 is 0 Å². The lowest BCUT2D eigenvalue weighted by Gasteiger charge is -2.03. The van der Waals surface area contributed by atoms with Crippen LogP contribution in [0.15, 0.2) is 42.6 Å². The van der Waals surface area contributed by atoms with Gasteiger partial charge < -0.3 is 4.74 Å². The first kappa shape index (κ1) is 10.2. The molecule has 0 bridgehead atoms. The van der Waals surface area contributed by atoms with Crippen molar-refractivity contribution in [1.29, 1.82) is 5.26 Å². The van der Waals surface area contributed by atoms with E-state index in [1.54, 1.807) is 19.4 Å². The van der Waals surface area contributed by atoms with Crippen molar-refractivity contribution in [2.45, 2.75) is 0 Å². The highest BCUT2D eigenvalue weighted by Gasteiger charge is 2.00. The molecule has 1 aromatic carbocycles. The Labute approximate surface area is 93.9 Å². The van der Waals surface area contributed by atoms with Gasteiger partial charge in [0.2, 0.25) is 0 Å². The number of hydrogen-bond acceptors (Lipinski definition) is 3. The monoisotopic (exact) mass is 210 g/mol. The minimum atomic E-state index is 0.424. The Morgan fingerprint density at radius 1 is 1.12 bits per heavy atom. The first-order valence-corrected chi connectivity index (χ1v) is 4.84. The topological polar surface area (TPSA) is 45.9 Å². The summed E-state index contributed by atoms with van der Waals surface area (Å²) in [4.78, 5) is 3.93. The highest BCUT2D eigenvalue weighted by Crippen LogP contribution is 2.22. The molecular weight excluding hydrogens is 200 g/mol. The number of benzene rings is 1. The van der Waals surface area contributed by atoms with Crippen molar-refractivity contribution in [3.8, 4) is 22.9 Å². The van der Waals surface area contributed by atoms with Crippen LogP contribution in [0, 0.1) is 11.3 Å². The molecule has 0 N–H and O–H groups in total. The van der Waals surface area contributed by atoms with E-state index in [-0.39, 0.29) is 0 Å². The quantitative estimate of drug-likeness (QED) is 0.765. The van der Waals surface area contributed by atoms with Crippen LogP contribution in [0.5, 0.6) is 5.75 Å². The van der Waals surface area contributed by atoms with Crippen LogP contribution in [0.1, 0.15) is 5.69 Å². The van der Waals surface area contributed by atoms with E-state index < -0.39 is 0 Å². The Hall–Kier alpha value is -2.34. The summed E-state index contributed by atoms with van der Waals surface area (Å²) in [5, 5.41) is 8.76.